The van der Waals surface area contributed by atoms with Crippen LogP contribution in [0.1, 0.15) is 49.1 Å². The highest BCUT2D eigenvalue weighted by Crippen LogP contribution is 2.25. The molecular weight excluding hydrogens is 349 g/mol. The van der Waals surface area contributed by atoms with E-state index in [9.17, 15) is 9.18 Å². The third-order valence-corrected chi connectivity index (χ3v) is 5.13. The van der Waals surface area contributed by atoms with Gasteiger partial charge in [0.15, 0.2) is 5.82 Å². The Morgan fingerprint density at radius 3 is 2.93 bits per heavy atom. The van der Waals surface area contributed by atoms with E-state index in [-0.39, 0.29) is 24.0 Å². The van der Waals surface area contributed by atoms with Gasteiger partial charge in [0.05, 0.1) is 19.2 Å². The van der Waals surface area contributed by atoms with E-state index in [0.717, 1.165) is 43.0 Å². The molecule has 2 amide bonds. The highest BCUT2D eigenvalue weighted by Gasteiger charge is 2.30. The van der Waals surface area contributed by atoms with Crippen molar-refractivity contribution in [2.24, 2.45) is 0 Å². The first-order valence-electron chi connectivity index (χ1n) is 9.50. The molecule has 7 nitrogen and oxygen atoms in total. The van der Waals surface area contributed by atoms with Gasteiger partial charge in [-0.15, -0.1) is 0 Å². The molecule has 0 saturated carbocycles. The standard InChI is InChI=1S/C19H24FN5O2/c1-2-17-22-18-15(4-3-9-25(18)23-17)21-19(26)24-10-11-27-16(12-24)13-5-7-14(20)8-6-13/h5-8,15-16H,2-4,9-12H2,1H3,(H,21,26). The fourth-order valence-electron chi connectivity index (χ4n) is 3.64. The van der Waals surface area contributed by atoms with Crippen LogP contribution in [0.15, 0.2) is 24.3 Å². The zero-order valence-electron chi connectivity index (χ0n) is 15.4. The molecule has 1 saturated heterocycles. The Kier molecular flexibility index (Phi) is 5.07. The normalized spacial score (nSPS) is 22.4. The fourth-order valence-corrected chi connectivity index (χ4v) is 3.64. The van der Waals surface area contributed by atoms with Gasteiger partial charge in [-0.2, -0.15) is 5.10 Å². The molecule has 1 aromatic heterocycles. The van der Waals surface area contributed by atoms with Gasteiger partial charge in [0.25, 0.3) is 0 Å². The number of nitrogens with zero attached hydrogens (tertiary/aromatic N) is 4. The lowest BCUT2D eigenvalue weighted by Gasteiger charge is -2.34. The van der Waals surface area contributed by atoms with Crippen LogP contribution >= 0.6 is 0 Å². The summed E-state index contributed by atoms with van der Waals surface area (Å²) in [7, 11) is 0. The van der Waals surface area contributed by atoms with Crippen LogP contribution in [0, 0.1) is 5.82 Å². The number of aryl methyl sites for hydroxylation is 2. The molecule has 2 unspecified atom stereocenters. The quantitative estimate of drug-likeness (QED) is 0.898. The Balaban J connectivity index is 1.42. The first-order valence-corrected chi connectivity index (χ1v) is 9.50. The van der Waals surface area contributed by atoms with E-state index in [1.807, 2.05) is 11.6 Å². The number of carbonyl (C=O) groups excluding carboxylic acids is 1. The number of aromatic nitrogens is 3. The number of rotatable bonds is 3. The highest BCUT2D eigenvalue weighted by atomic mass is 19.1. The van der Waals surface area contributed by atoms with Crippen LogP contribution in [-0.4, -0.2) is 45.4 Å². The maximum Gasteiger partial charge on any atom is 0.318 e. The molecule has 3 heterocycles. The van der Waals surface area contributed by atoms with E-state index in [4.69, 9.17) is 4.74 Å². The Hall–Kier alpha value is -2.48. The third kappa shape index (κ3) is 3.80. The predicted octanol–water partition coefficient (Wildman–Crippen LogP) is 2.60. The number of morpholine rings is 1. The first-order chi connectivity index (χ1) is 13.1. The second kappa shape index (κ2) is 7.64. The van der Waals surface area contributed by atoms with Gasteiger partial charge in [-0.25, -0.2) is 18.9 Å². The SMILES string of the molecule is CCc1nc2n(n1)CCCC2NC(=O)N1CCOC(c2ccc(F)cc2)C1. The van der Waals surface area contributed by atoms with Gasteiger partial charge in [0, 0.05) is 19.5 Å². The molecule has 4 rings (SSSR count). The lowest BCUT2D eigenvalue weighted by Crippen LogP contribution is -2.48. The molecule has 0 bridgehead atoms. The van der Waals surface area contributed by atoms with Gasteiger partial charge >= 0.3 is 6.03 Å². The molecule has 2 atom stereocenters. The molecule has 0 spiro atoms. The Morgan fingerprint density at radius 1 is 1.33 bits per heavy atom. The van der Waals surface area contributed by atoms with E-state index in [1.54, 1.807) is 17.0 Å². The molecule has 0 radical (unpaired) electrons. The smallest absolute Gasteiger partial charge is 0.318 e. The van der Waals surface area contributed by atoms with Gasteiger partial charge < -0.3 is 15.0 Å². The number of amides is 2. The molecule has 1 N–H and O–H groups in total. The fraction of sp³-hybridized carbons (Fsp3) is 0.526. The van der Waals surface area contributed by atoms with E-state index in [0.29, 0.717) is 19.7 Å². The summed E-state index contributed by atoms with van der Waals surface area (Å²) in [5.74, 6) is 1.38. The van der Waals surface area contributed by atoms with Crippen LogP contribution in [0.4, 0.5) is 9.18 Å². The summed E-state index contributed by atoms with van der Waals surface area (Å²) < 4.78 is 20.8. The average molecular weight is 373 g/mol. The average Bonchev–Trinajstić information content (AvgIpc) is 3.13. The molecule has 27 heavy (non-hydrogen) atoms. The molecule has 8 heteroatoms. The minimum absolute atomic E-state index is 0.119. The summed E-state index contributed by atoms with van der Waals surface area (Å²) in [6.07, 6.45) is 2.36. The molecule has 144 valence electrons. The summed E-state index contributed by atoms with van der Waals surface area (Å²) in [4.78, 5) is 19.2. The monoisotopic (exact) mass is 373 g/mol. The van der Waals surface area contributed by atoms with Crippen molar-refractivity contribution in [2.75, 3.05) is 19.7 Å². The van der Waals surface area contributed by atoms with Gasteiger partial charge in [0.1, 0.15) is 17.7 Å². The maximum absolute atomic E-state index is 13.1. The lowest BCUT2D eigenvalue weighted by molar-refractivity contribution is -0.0159. The number of benzene rings is 1. The van der Waals surface area contributed by atoms with E-state index in [1.165, 1.54) is 12.1 Å². The van der Waals surface area contributed by atoms with Gasteiger partial charge in [-0.1, -0.05) is 19.1 Å². The largest absolute Gasteiger partial charge is 0.370 e. The lowest BCUT2D eigenvalue weighted by atomic mass is 10.1. The van der Waals surface area contributed by atoms with Crippen molar-refractivity contribution < 1.29 is 13.9 Å². The van der Waals surface area contributed by atoms with Gasteiger partial charge in [-0.3, -0.25) is 0 Å². The van der Waals surface area contributed by atoms with Crippen LogP contribution in [0.3, 0.4) is 0 Å². The number of carbonyl (C=O) groups is 1. The number of halogens is 1. The van der Waals surface area contributed by atoms with E-state index < -0.39 is 0 Å². The maximum atomic E-state index is 13.1. The number of fused-ring (bicyclic) bond motifs is 1. The second-order valence-corrected chi connectivity index (χ2v) is 6.96. The van der Waals surface area contributed by atoms with Gasteiger partial charge in [-0.05, 0) is 30.5 Å². The van der Waals surface area contributed by atoms with Crippen molar-refractivity contribution in [2.45, 2.75) is 44.9 Å². The summed E-state index contributed by atoms with van der Waals surface area (Å²) in [6, 6.07) is 6.00. The second-order valence-electron chi connectivity index (χ2n) is 6.96. The number of ether oxygens (including phenoxy) is 1. The molecule has 2 aliphatic rings. The van der Waals surface area contributed by atoms with Crippen molar-refractivity contribution in [3.8, 4) is 0 Å². The Morgan fingerprint density at radius 2 is 2.15 bits per heavy atom. The zero-order valence-corrected chi connectivity index (χ0v) is 15.4. The zero-order chi connectivity index (χ0) is 18.8. The molecule has 1 aromatic carbocycles. The Labute approximate surface area is 157 Å². The van der Waals surface area contributed by atoms with Crippen molar-refractivity contribution in [1.29, 1.82) is 0 Å². The van der Waals surface area contributed by atoms with E-state index >= 15 is 0 Å². The number of hydrogen-bond acceptors (Lipinski definition) is 4. The van der Waals surface area contributed by atoms with Crippen LogP contribution < -0.4 is 5.32 Å². The number of urea groups is 1. The summed E-state index contributed by atoms with van der Waals surface area (Å²) in [5.41, 5.74) is 0.874. The molecule has 2 aromatic rings. The van der Waals surface area contributed by atoms with Crippen LogP contribution in [0.2, 0.25) is 0 Å². The number of nitrogens with one attached hydrogen (secondary N) is 1. The molecule has 1 fully saturated rings. The van der Waals surface area contributed by atoms with Crippen molar-refractivity contribution in [3.05, 3.63) is 47.3 Å². The topological polar surface area (TPSA) is 72.3 Å². The Bertz CT molecular complexity index is 807. The van der Waals surface area contributed by atoms with E-state index in [2.05, 4.69) is 15.4 Å². The van der Waals surface area contributed by atoms with Crippen LogP contribution in [-0.2, 0) is 17.7 Å². The molecular formula is C19H24FN5O2. The van der Waals surface area contributed by atoms with Crippen LogP contribution in [0.25, 0.3) is 0 Å². The minimum atomic E-state index is -0.281. The van der Waals surface area contributed by atoms with Crippen molar-refractivity contribution in [1.82, 2.24) is 25.0 Å². The predicted molar refractivity (Wildman–Crippen MR) is 96.6 cm³/mol. The number of hydrogen-bond donors (Lipinski definition) is 1. The third-order valence-electron chi connectivity index (χ3n) is 5.13. The van der Waals surface area contributed by atoms with Gasteiger partial charge in [0.2, 0.25) is 0 Å². The van der Waals surface area contributed by atoms with Crippen molar-refractivity contribution >= 4 is 6.03 Å². The summed E-state index contributed by atoms with van der Waals surface area (Å²) in [5, 5.41) is 7.60. The molecule has 0 aliphatic carbocycles. The summed E-state index contributed by atoms with van der Waals surface area (Å²) in [6.45, 7) is 4.30. The minimum Gasteiger partial charge on any atom is -0.370 e. The summed E-state index contributed by atoms with van der Waals surface area (Å²) >= 11 is 0. The van der Waals surface area contributed by atoms with Crippen LogP contribution in [0.5, 0.6) is 0 Å². The first kappa shape index (κ1) is 17.9. The highest BCUT2D eigenvalue weighted by molar-refractivity contribution is 5.74. The molecule has 2 aliphatic heterocycles. The van der Waals surface area contributed by atoms with Crippen molar-refractivity contribution in [3.63, 3.8) is 0 Å².